The first kappa shape index (κ1) is 20.6. The molecule has 29 heavy (non-hydrogen) atoms. The Morgan fingerprint density at radius 1 is 1.31 bits per heavy atom. The number of urea groups is 1. The molecule has 0 fully saturated rings. The van der Waals surface area contributed by atoms with E-state index in [2.05, 4.69) is 9.98 Å². The van der Waals surface area contributed by atoms with Crippen LogP contribution in [0.15, 0.2) is 32.8 Å². The molecule has 2 unspecified atom stereocenters. The second-order valence-electron chi connectivity index (χ2n) is 6.73. The monoisotopic (exact) mass is 418 g/mol. The maximum Gasteiger partial charge on any atom is 0.445 e. The summed E-state index contributed by atoms with van der Waals surface area (Å²) in [5.41, 5.74) is 0. The van der Waals surface area contributed by atoms with Crippen molar-refractivity contribution in [1.29, 1.82) is 0 Å². The standard InChI is InChI=1S/C18H20N5O5S/c1-9(24)12(17(26)21(2)3)29-15-11-14(22(4)18(27)23(5)16(11)25)19-13(20-15)10-7-6-8-28-10/h6-8,11-12H,1-5H3/q+1. The number of Topliss-reactive ketones (excluding diaryl/α,β-unsaturated/α-hetero) is 1. The average molecular weight is 418 g/mol. The normalized spacial score (nSPS) is 20.2. The molecule has 0 aliphatic carbocycles. The molecule has 1 aromatic rings. The minimum absolute atomic E-state index is 0.153. The minimum atomic E-state index is -1.08. The predicted octanol–water partition coefficient (Wildman–Crippen LogP) is 0.466. The summed E-state index contributed by atoms with van der Waals surface area (Å²) < 4.78 is 6.60. The molecule has 2 aliphatic heterocycles. The summed E-state index contributed by atoms with van der Waals surface area (Å²) in [5.74, 6) is -1.67. The second kappa shape index (κ2) is 7.74. The van der Waals surface area contributed by atoms with E-state index in [1.807, 2.05) is 0 Å². The molecule has 2 atom stereocenters. The van der Waals surface area contributed by atoms with Gasteiger partial charge < -0.3 is 9.32 Å². The summed E-state index contributed by atoms with van der Waals surface area (Å²) in [6, 6.07) is 2.75. The lowest BCUT2D eigenvalue weighted by Crippen LogP contribution is -2.55. The molecule has 0 saturated heterocycles. The maximum atomic E-state index is 12.9. The Kier molecular flexibility index (Phi) is 5.51. The number of amides is 4. The Bertz CT molecular complexity index is 992. The highest BCUT2D eigenvalue weighted by Crippen LogP contribution is 2.29. The van der Waals surface area contributed by atoms with Gasteiger partial charge in [-0.15, -0.1) is 0 Å². The number of carbonyl (C=O) groups is 4. The van der Waals surface area contributed by atoms with Crippen LogP contribution in [0.3, 0.4) is 0 Å². The molecule has 2 aliphatic rings. The molecule has 3 heterocycles. The first-order valence-electron chi connectivity index (χ1n) is 8.65. The third-order valence-corrected chi connectivity index (χ3v) is 5.79. The molecule has 0 saturated carbocycles. The molecular formula is C18H20N5O5S+. The van der Waals surface area contributed by atoms with E-state index < -0.39 is 29.0 Å². The van der Waals surface area contributed by atoms with E-state index >= 15 is 0 Å². The van der Waals surface area contributed by atoms with Crippen molar-refractivity contribution in [3.63, 3.8) is 0 Å². The highest BCUT2D eigenvalue weighted by atomic mass is 32.2. The van der Waals surface area contributed by atoms with Crippen LogP contribution in [0.2, 0.25) is 0 Å². The lowest BCUT2D eigenvalue weighted by molar-refractivity contribution is -0.407. The fraction of sp³-hybridized carbons (Fsp3) is 0.389. The molecule has 4 amide bonds. The third-order valence-electron chi connectivity index (χ3n) is 4.45. The summed E-state index contributed by atoms with van der Waals surface area (Å²) in [6.07, 6.45) is 1.44. The van der Waals surface area contributed by atoms with E-state index in [9.17, 15) is 19.2 Å². The van der Waals surface area contributed by atoms with Gasteiger partial charge in [-0.3, -0.25) is 14.4 Å². The molecule has 11 heteroatoms. The zero-order valence-corrected chi connectivity index (χ0v) is 17.4. The van der Waals surface area contributed by atoms with Gasteiger partial charge in [-0.05, 0) is 19.1 Å². The van der Waals surface area contributed by atoms with Crippen molar-refractivity contribution in [2.45, 2.75) is 12.2 Å². The predicted molar refractivity (Wildman–Crippen MR) is 106 cm³/mol. The van der Waals surface area contributed by atoms with Gasteiger partial charge in [0.25, 0.3) is 11.7 Å². The number of imide groups is 1. The third kappa shape index (κ3) is 3.65. The fourth-order valence-electron chi connectivity index (χ4n) is 2.85. The van der Waals surface area contributed by atoms with E-state index in [1.165, 1.54) is 36.8 Å². The van der Waals surface area contributed by atoms with Gasteiger partial charge in [-0.25, -0.2) is 9.79 Å². The smallest absolute Gasteiger partial charge is 0.445 e. The van der Waals surface area contributed by atoms with Crippen LogP contribution in [0.4, 0.5) is 4.79 Å². The summed E-state index contributed by atoms with van der Waals surface area (Å²) in [6.45, 7) is 1.30. The minimum Gasteiger partial charge on any atom is -0.459 e. The van der Waals surface area contributed by atoms with Crippen LogP contribution >= 0.6 is 11.8 Å². The van der Waals surface area contributed by atoms with E-state index in [4.69, 9.17) is 4.42 Å². The van der Waals surface area contributed by atoms with Crippen LogP contribution in [0.5, 0.6) is 0 Å². The first-order valence-corrected chi connectivity index (χ1v) is 9.53. The Labute approximate surface area is 171 Å². The highest BCUT2D eigenvalue weighted by Gasteiger charge is 2.50. The van der Waals surface area contributed by atoms with Gasteiger partial charge in [-0.2, -0.15) is 9.48 Å². The average Bonchev–Trinajstić information content (AvgIpc) is 3.22. The quantitative estimate of drug-likeness (QED) is 0.518. The lowest BCUT2D eigenvalue weighted by atomic mass is 10.0. The van der Waals surface area contributed by atoms with Crippen LogP contribution < -0.4 is 0 Å². The number of thioether (sulfide) groups is 1. The summed E-state index contributed by atoms with van der Waals surface area (Å²) in [4.78, 5) is 61.0. The van der Waals surface area contributed by atoms with Crippen molar-refractivity contribution < 1.29 is 28.2 Å². The topological polar surface area (TPSA) is 116 Å². The van der Waals surface area contributed by atoms with E-state index in [0.717, 1.165) is 16.7 Å². The number of hydrogen-bond donors (Lipinski definition) is 0. The van der Waals surface area contributed by atoms with Gasteiger partial charge in [0.2, 0.25) is 5.91 Å². The Balaban J connectivity index is 2.13. The Morgan fingerprint density at radius 3 is 2.55 bits per heavy atom. The maximum absolute atomic E-state index is 12.9. The molecule has 0 N–H and O–H groups in total. The van der Waals surface area contributed by atoms with Crippen molar-refractivity contribution in [1.82, 2.24) is 9.80 Å². The number of amidine groups is 2. The molecule has 10 nitrogen and oxygen atoms in total. The first-order chi connectivity index (χ1) is 13.6. The zero-order chi connectivity index (χ0) is 21.5. The Morgan fingerprint density at radius 2 is 2.00 bits per heavy atom. The fourth-order valence-corrected chi connectivity index (χ4v) is 4.05. The van der Waals surface area contributed by atoms with Crippen LogP contribution in [0, 0.1) is 5.92 Å². The van der Waals surface area contributed by atoms with Crippen LogP contribution in [-0.4, -0.2) is 88.2 Å². The number of rotatable bonds is 4. The highest BCUT2D eigenvalue weighted by molar-refractivity contribution is 8.15. The van der Waals surface area contributed by atoms with Gasteiger partial charge in [0.05, 0.1) is 20.4 Å². The van der Waals surface area contributed by atoms with Crippen molar-refractivity contribution in [2.75, 3.05) is 28.2 Å². The van der Waals surface area contributed by atoms with Crippen LogP contribution in [0.25, 0.3) is 0 Å². The van der Waals surface area contributed by atoms with Gasteiger partial charge in [0, 0.05) is 14.1 Å². The van der Waals surface area contributed by atoms with E-state index in [0.29, 0.717) is 5.76 Å². The van der Waals surface area contributed by atoms with Gasteiger partial charge in [0.1, 0.15) is 10.3 Å². The van der Waals surface area contributed by atoms with Crippen molar-refractivity contribution in [2.24, 2.45) is 15.9 Å². The number of furan rings is 1. The largest absolute Gasteiger partial charge is 0.459 e. The second-order valence-corrected chi connectivity index (χ2v) is 7.86. The molecule has 0 bridgehead atoms. The van der Waals surface area contributed by atoms with Crippen LogP contribution in [0.1, 0.15) is 12.7 Å². The SMILES string of the molecule is CC(=O)C(SC1=NC(c2ccco2)=NC2=[N+](C)C(=O)N(C)C(=O)C12)C(=O)N(C)C. The lowest BCUT2D eigenvalue weighted by Gasteiger charge is -2.27. The Hall–Kier alpha value is -3.08. The number of nitrogens with zero attached hydrogens (tertiary/aromatic N) is 5. The summed E-state index contributed by atoms with van der Waals surface area (Å²) in [7, 11) is 5.94. The zero-order valence-electron chi connectivity index (χ0n) is 16.6. The molecular weight excluding hydrogens is 398 g/mol. The number of aliphatic imine (C=N–C) groups is 2. The molecule has 0 spiro atoms. The van der Waals surface area contributed by atoms with Crippen molar-refractivity contribution in [3.05, 3.63) is 24.2 Å². The number of carbonyl (C=O) groups excluding carboxylic acids is 4. The summed E-state index contributed by atoms with van der Waals surface area (Å²) in [5, 5.41) is -0.880. The van der Waals surface area contributed by atoms with Gasteiger partial charge in [-0.1, -0.05) is 16.8 Å². The number of fused-ring (bicyclic) bond motifs is 1. The van der Waals surface area contributed by atoms with E-state index in [-0.39, 0.29) is 22.5 Å². The van der Waals surface area contributed by atoms with Crippen molar-refractivity contribution >= 4 is 52.1 Å². The number of hydrogen-bond acceptors (Lipinski definition) is 8. The molecule has 152 valence electrons. The molecule has 0 radical (unpaired) electrons. The summed E-state index contributed by atoms with van der Waals surface area (Å²) >= 11 is 0.886. The molecule has 1 aromatic heterocycles. The molecule has 0 aromatic carbocycles. The number of ketones is 1. The van der Waals surface area contributed by atoms with Gasteiger partial charge >= 0.3 is 11.9 Å². The van der Waals surface area contributed by atoms with Gasteiger partial charge in [0.15, 0.2) is 17.5 Å². The molecule has 3 rings (SSSR count). The van der Waals surface area contributed by atoms with E-state index in [1.54, 1.807) is 26.2 Å². The van der Waals surface area contributed by atoms with Crippen molar-refractivity contribution in [3.8, 4) is 0 Å². The van der Waals surface area contributed by atoms with Crippen LogP contribution in [-0.2, 0) is 14.4 Å².